The Kier molecular flexibility index (Phi) is 23.6. The van der Waals surface area contributed by atoms with Crippen LogP contribution in [0, 0.1) is 0 Å². The topological polar surface area (TPSA) is 416 Å². The first-order valence-electron chi connectivity index (χ1n) is 24.8. The highest BCUT2D eigenvalue weighted by Crippen LogP contribution is 2.15. The molecule has 1 aliphatic rings. The number of nitrogens with one attached hydrogen (secondary N) is 9. The van der Waals surface area contributed by atoms with E-state index in [0.29, 0.717) is 66.6 Å². The molecule has 1 fully saturated rings. The van der Waals surface area contributed by atoms with Crippen molar-refractivity contribution in [2.24, 2.45) is 16.5 Å². The van der Waals surface area contributed by atoms with E-state index in [2.05, 4.69) is 62.8 Å². The number of pyridine rings is 2. The summed E-state index contributed by atoms with van der Waals surface area (Å²) in [4.78, 5) is 115. The van der Waals surface area contributed by atoms with Crippen LogP contribution < -0.4 is 59.3 Å². The summed E-state index contributed by atoms with van der Waals surface area (Å²) >= 11 is 5.57. The molecule has 0 bridgehead atoms. The number of nitrogens with two attached hydrogens (primary N) is 2. The number of nitrogens with zero attached hydrogens (tertiary/aromatic N) is 3. The van der Waals surface area contributed by atoms with Crippen molar-refractivity contribution < 1.29 is 58.8 Å². The van der Waals surface area contributed by atoms with Crippen LogP contribution in [0.3, 0.4) is 0 Å². The number of unbranched alkanes of at least 4 members (excludes halogenated alkanes) is 1. The third kappa shape index (κ3) is 21.1. The summed E-state index contributed by atoms with van der Waals surface area (Å²) in [5, 5.41) is 64.1. The number of anilines is 1. The van der Waals surface area contributed by atoms with Gasteiger partial charge in [0.2, 0.25) is 29.5 Å². The van der Waals surface area contributed by atoms with E-state index >= 15 is 0 Å². The highest BCUT2D eigenvalue weighted by molar-refractivity contribution is 7.80. The molecule has 416 valence electrons. The Bertz CT molecular complexity index is 2780. The number of aromatic hydroxyl groups is 1. The summed E-state index contributed by atoms with van der Waals surface area (Å²) in [5.41, 5.74) is 13.9. The van der Waals surface area contributed by atoms with Crippen molar-refractivity contribution in [3.05, 3.63) is 119 Å². The number of carboxylic acids is 3. The van der Waals surface area contributed by atoms with Crippen LogP contribution in [0.5, 0.6) is 5.75 Å². The van der Waals surface area contributed by atoms with E-state index in [9.17, 15) is 58.8 Å². The van der Waals surface area contributed by atoms with Crippen molar-refractivity contribution in [1.82, 2.24) is 52.5 Å². The van der Waals surface area contributed by atoms with Crippen molar-refractivity contribution in [2.75, 3.05) is 31.5 Å². The maximum atomic E-state index is 14.2. The van der Waals surface area contributed by atoms with Gasteiger partial charge in [0, 0.05) is 50.9 Å². The summed E-state index contributed by atoms with van der Waals surface area (Å²) in [6.07, 6.45) is 0.517. The van der Waals surface area contributed by atoms with Gasteiger partial charge in [-0.3, -0.25) is 33.8 Å². The molecule has 5 atom stereocenters. The second-order valence-corrected chi connectivity index (χ2v) is 18.5. The molecule has 5 amide bonds. The lowest BCUT2D eigenvalue weighted by Gasteiger charge is -2.26. The molecule has 26 nitrogen and oxygen atoms in total. The van der Waals surface area contributed by atoms with Gasteiger partial charge in [0.25, 0.3) is 0 Å². The minimum absolute atomic E-state index is 0.00563. The SMILES string of the molecule is NC(N)=NCCCC1NC(=O)CNC(=O)C(CC(=O)O)NC(=O)C(Cc2ccc(O)cc2)NC(=O)C(CCCCNC(=S)Nc2ccc(C[C@@H](CNCc3cccc(C(=O)O)n3)NCc3cccc(C(=O)O)n3)cc2)NC1=O. The van der Waals surface area contributed by atoms with E-state index in [1.54, 1.807) is 24.3 Å². The number of benzene rings is 2. The fourth-order valence-corrected chi connectivity index (χ4v) is 8.17. The molecule has 5 rings (SSSR count). The van der Waals surface area contributed by atoms with Crippen LogP contribution in [-0.4, -0.2) is 145 Å². The van der Waals surface area contributed by atoms with Crippen LogP contribution in [0.2, 0.25) is 0 Å². The minimum Gasteiger partial charge on any atom is -0.508 e. The Morgan fingerprint density at radius 3 is 1.90 bits per heavy atom. The summed E-state index contributed by atoms with van der Waals surface area (Å²) in [6.45, 7) is 0.736. The van der Waals surface area contributed by atoms with E-state index in [-0.39, 0.29) is 67.9 Å². The number of aliphatic imine (C=N–C) groups is 1. The molecule has 27 heteroatoms. The molecule has 1 saturated heterocycles. The van der Waals surface area contributed by atoms with Crippen LogP contribution in [0.1, 0.15) is 82.0 Å². The second kappa shape index (κ2) is 30.7. The van der Waals surface area contributed by atoms with Crippen molar-refractivity contribution >= 4 is 76.4 Å². The average Bonchev–Trinajstić information content (AvgIpc) is 3.40. The highest BCUT2D eigenvalue weighted by Gasteiger charge is 2.33. The molecule has 0 saturated carbocycles. The molecule has 2 aromatic carbocycles. The zero-order valence-electron chi connectivity index (χ0n) is 42.3. The summed E-state index contributed by atoms with van der Waals surface area (Å²) in [7, 11) is 0. The largest absolute Gasteiger partial charge is 0.508 e. The molecule has 78 heavy (non-hydrogen) atoms. The maximum Gasteiger partial charge on any atom is 0.354 e. The van der Waals surface area contributed by atoms with Gasteiger partial charge < -0.3 is 79.7 Å². The van der Waals surface area contributed by atoms with Crippen LogP contribution in [0.4, 0.5) is 5.69 Å². The monoisotopic (exact) mass is 1100 g/mol. The average molecular weight is 1100 g/mol. The highest BCUT2D eigenvalue weighted by atomic mass is 32.1. The number of guanidine groups is 1. The number of carbonyl (C=O) groups is 8. The Hall–Kier alpha value is -8.82. The molecule has 4 unspecified atom stereocenters. The van der Waals surface area contributed by atoms with Gasteiger partial charge >= 0.3 is 17.9 Å². The zero-order chi connectivity index (χ0) is 56.6. The molecule has 0 aliphatic carbocycles. The quantitative estimate of drug-likeness (QED) is 0.0170. The molecular formula is C51H64N14O12S. The third-order valence-corrected chi connectivity index (χ3v) is 12.1. The van der Waals surface area contributed by atoms with Crippen molar-refractivity contribution in [2.45, 2.75) is 94.7 Å². The van der Waals surface area contributed by atoms with E-state index in [1.807, 2.05) is 24.3 Å². The number of hydrogen-bond acceptors (Lipinski definition) is 15. The Morgan fingerprint density at radius 2 is 1.27 bits per heavy atom. The molecular weight excluding hydrogens is 1030 g/mol. The number of aromatic carboxylic acids is 2. The van der Waals surface area contributed by atoms with Crippen LogP contribution in [-0.2, 0) is 54.7 Å². The van der Waals surface area contributed by atoms with Gasteiger partial charge in [-0.15, -0.1) is 0 Å². The molecule has 3 heterocycles. The van der Waals surface area contributed by atoms with Crippen molar-refractivity contribution in [3.8, 4) is 5.75 Å². The number of aromatic nitrogens is 2. The predicted octanol–water partition coefficient (Wildman–Crippen LogP) is -0.634. The van der Waals surface area contributed by atoms with Gasteiger partial charge in [0.15, 0.2) is 11.1 Å². The van der Waals surface area contributed by atoms with E-state index < -0.39 is 84.6 Å². The molecule has 17 N–H and O–H groups in total. The second-order valence-electron chi connectivity index (χ2n) is 18.1. The van der Waals surface area contributed by atoms with Crippen molar-refractivity contribution in [3.63, 3.8) is 0 Å². The number of thiocarbonyl (C=S) groups is 1. The minimum atomic E-state index is -1.66. The molecule has 0 radical (unpaired) electrons. The summed E-state index contributed by atoms with van der Waals surface area (Å²) in [6, 6.07) is 17.0. The number of carbonyl (C=O) groups excluding carboxylic acids is 5. The Morgan fingerprint density at radius 1 is 0.692 bits per heavy atom. The Labute approximate surface area is 453 Å². The van der Waals surface area contributed by atoms with Gasteiger partial charge in [-0.2, -0.15) is 0 Å². The summed E-state index contributed by atoms with van der Waals surface area (Å²) < 4.78 is 0. The van der Waals surface area contributed by atoms with Crippen molar-refractivity contribution in [1.29, 1.82) is 0 Å². The van der Waals surface area contributed by atoms with Gasteiger partial charge in [-0.1, -0.05) is 36.4 Å². The summed E-state index contributed by atoms with van der Waals surface area (Å²) in [5.74, 6) is -8.27. The Balaban J connectivity index is 1.23. The standard InChI is InChI=1S/C51H64N14O12S/c52-50(53)55-21-5-11-36-45(71)63-37(46(72)64-40(23-30-14-18-35(66)19-15-30)47(73)65-41(24-43(68)69)44(70)58-28-42(67)62-36)8-1-2-20-56-51(78)61-31-16-12-29(13-17-31)22-34(57-27-33-7-4-10-39(60-33)49(76)77)26-54-25-32-6-3-9-38(59-32)48(74)75/h3-4,6-7,9-10,12-19,34,36-37,40-41,54,57,66H,1-2,5,8,11,20-28H2,(H,58,70)(H,62,67)(H,63,71)(H,64,72)(H,65,73)(H,68,69)(H,74,75)(H,76,77)(H4,52,53,55)(H2,56,61,78)/t34-,36?,37?,40?,41?/m0/s1. The first-order valence-corrected chi connectivity index (χ1v) is 25.2. The number of amides is 5. The molecule has 4 aromatic rings. The molecule has 0 spiro atoms. The number of rotatable bonds is 25. The van der Waals surface area contributed by atoms with Crippen LogP contribution in [0.25, 0.3) is 0 Å². The van der Waals surface area contributed by atoms with E-state index in [4.69, 9.17) is 23.7 Å². The fraction of sp³-hybridized carbons (Fsp3) is 0.373. The fourth-order valence-electron chi connectivity index (χ4n) is 7.95. The molecule has 2 aromatic heterocycles. The van der Waals surface area contributed by atoms with E-state index in [1.165, 1.54) is 36.4 Å². The van der Waals surface area contributed by atoms with Gasteiger partial charge in [-0.25, -0.2) is 19.6 Å². The van der Waals surface area contributed by atoms with Gasteiger partial charge in [0.1, 0.15) is 41.3 Å². The van der Waals surface area contributed by atoms with Crippen LogP contribution >= 0.6 is 12.2 Å². The zero-order valence-corrected chi connectivity index (χ0v) is 43.1. The first kappa shape index (κ1) is 60.0. The number of phenolic OH excluding ortho intramolecular Hbond substituents is 1. The number of hydrogen-bond donors (Lipinski definition) is 15. The molecule has 1 aliphatic heterocycles. The predicted molar refractivity (Wildman–Crippen MR) is 288 cm³/mol. The first-order chi connectivity index (χ1) is 37.3. The van der Waals surface area contributed by atoms with Gasteiger partial charge in [0.05, 0.1) is 24.4 Å². The normalized spacial score (nSPS) is 17.5. The number of carboxylic acid groups (broad SMARTS) is 3. The number of phenols is 1. The smallest absolute Gasteiger partial charge is 0.354 e. The lowest BCUT2D eigenvalue weighted by atomic mass is 10.0. The lowest BCUT2D eigenvalue weighted by Crippen LogP contribution is -2.58. The lowest BCUT2D eigenvalue weighted by molar-refractivity contribution is -0.141. The van der Waals surface area contributed by atoms with E-state index in [0.717, 1.165) is 5.56 Å². The maximum absolute atomic E-state index is 14.2. The van der Waals surface area contributed by atoms with Crippen LogP contribution in [0.15, 0.2) is 89.9 Å². The third-order valence-electron chi connectivity index (χ3n) is 11.9. The van der Waals surface area contributed by atoms with Gasteiger partial charge in [-0.05, 0) is 110 Å². The number of aliphatic carboxylic acids is 1.